The van der Waals surface area contributed by atoms with Gasteiger partial charge in [-0.25, -0.2) is 8.42 Å². The van der Waals surface area contributed by atoms with Crippen LogP contribution in [0.3, 0.4) is 0 Å². The Balaban J connectivity index is 2.51. The van der Waals surface area contributed by atoms with E-state index in [0.717, 1.165) is 11.8 Å². The van der Waals surface area contributed by atoms with Crippen LogP contribution in [0.1, 0.15) is 5.56 Å². The molecule has 0 radical (unpaired) electrons. The van der Waals surface area contributed by atoms with Gasteiger partial charge in [-0.05, 0) is 30.7 Å². The quantitative estimate of drug-likeness (QED) is 0.852. The highest BCUT2D eigenvalue weighted by Gasteiger charge is 2.15. The van der Waals surface area contributed by atoms with Gasteiger partial charge in [-0.3, -0.25) is 0 Å². The Bertz CT molecular complexity index is 738. The number of aryl methyl sites for hydroxylation is 1. The third kappa shape index (κ3) is 2.89. The molecule has 4 nitrogen and oxygen atoms in total. The second-order valence-electron chi connectivity index (χ2n) is 4.55. The third-order valence-corrected chi connectivity index (χ3v) is 4.42. The van der Waals surface area contributed by atoms with Crippen molar-refractivity contribution in [3.05, 3.63) is 47.0 Å². The number of hydrogen-bond acceptors (Lipinski definition) is 4. The summed E-state index contributed by atoms with van der Waals surface area (Å²) < 4.78 is 23.3. The summed E-state index contributed by atoms with van der Waals surface area (Å²) in [6.45, 7) is 1.91. The zero-order valence-corrected chi connectivity index (χ0v) is 12.7. The topological polar surface area (TPSA) is 72.2 Å². The van der Waals surface area contributed by atoms with Crippen molar-refractivity contribution in [1.29, 1.82) is 0 Å². The molecule has 0 aliphatic carbocycles. The van der Waals surface area contributed by atoms with Crippen molar-refractivity contribution in [2.75, 3.05) is 17.3 Å². The van der Waals surface area contributed by atoms with Crippen LogP contribution >= 0.6 is 11.6 Å². The minimum absolute atomic E-state index is 0.104. The molecule has 2 rings (SSSR count). The average Bonchev–Trinajstić information content (AvgIpc) is 2.34. The summed E-state index contributed by atoms with van der Waals surface area (Å²) in [6.07, 6.45) is 1.13. The predicted molar refractivity (Wildman–Crippen MR) is 83.4 cm³/mol. The molecule has 106 valence electrons. The van der Waals surface area contributed by atoms with Crippen LogP contribution in [0.5, 0.6) is 0 Å². The molecule has 20 heavy (non-hydrogen) atoms. The van der Waals surface area contributed by atoms with Crippen LogP contribution in [0.4, 0.5) is 17.1 Å². The monoisotopic (exact) mass is 310 g/mol. The second kappa shape index (κ2) is 5.34. The Kier molecular flexibility index (Phi) is 3.92. The van der Waals surface area contributed by atoms with Crippen LogP contribution in [-0.4, -0.2) is 14.7 Å². The van der Waals surface area contributed by atoms with E-state index >= 15 is 0 Å². The normalized spacial score (nSPS) is 11.3. The molecule has 0 saturated heterocycles. The fourth-order valence-corrected chi connectivity index (χ4v) is 3.01. The highest BCUT2D eigenvalue weighted by molar-refractivity contribution is 7.90. The molecule has 2 aromatic rings. The Morgan fingerprint density at radius 1 is 1.15 bits per heavy atom. The maximum atomic E-state index is 11.7. The number of nitrogens with two attached hydrogens (primary N) is 1. The smallest absolute Gasteiger partial charge is 0.177 e. The van der Waals surface area contributed by atoms with Gasteiger partial charge in [0.15, 0.2) is 9.84 Å². The van der Waals surface area contributed by atoms with Crippen LogP contribution < -0.4 is 11.1 Å². The van der Waals surface area contributed by atoms with E-state index in [9.17, 15) is 8.42 Å². The van der Waals surface area contributed by atoms with Crippen LogP contribution in [-0.2, 0) is 9.84 Å². The fourth-order valence-electron chi connectivity index (χ4n) is 1.90. The summed E-state index contributed by atoms with van der Waals surface area (Å²) in [5.41, 5.74) is 8.30. The van der Waals surface area contributed by atoms with Gasteiger partial charge in [0, 0.05) is 6.26 Å². The molecule has 0 unspecified atom stereocenters. The molecule has 0 aliphatic rings. The van der Waals surface area contributed by atoms with Crippen molar-refractivity contribution >= 4 is 38.5 Å². The lowest BCUT2D eigenvalue weighted by Crippen LogP contribution is -2.05. The number of sulfone groups is 1. The molecule has 0 aromatic heterocycles. The van der Waals surface area contributed by atoms with Gasteiger partial charge in [-0.2, -0.15) is 0 Å². The summed E-state index contributed by atoms with van der Waals surface area (Å²) in [4.78, 5) is 0.104. The number of rotatable bonds is 3. The van der Waals surface area contributed by atoms with Gasteiger partial charge in [0.1, 0.15) is 0 Å². The maximum Gasteiger partial charge on any atom is 0.177 e. The van der Waals surface area contributed by atoms with E-state index in [1.165, 1.54) is 6.07 Å². The average molecular weight is 311 g/mol. The fraction of sp³-hybridized carbons (Fsp3) is 0.143. The third-order valence-electron chi connectivity index (χ3n) is 2.95. The van der Waals surface area contributed by atoms with Gasteiger partial charge < -0.3 is 11.1 Å². The van der Waals surface area contributed by atoms with Gasteiger partial charge in [0.05, 0.1) is 27.0 Å². The maximum absolute atomic E-state index is 11.7. The Morgan fingerprint density at radius 3 is 2.40 bits per heavy atom. The van der Waals surface area contributed by atoms with E-state index in [2.05, 4.69) is 5.32 Å². The van der Waals surface area contributed by atoms with E-state index in [0.29, 0.717) is 16.4 Å². The first-order valence-electron chi connectivity index (χ1n) is 5.91. The predicted octanol–water partition coefficient (Wildman–Crippen LogP) is 3.38. The molecular weight excluding hydrogens is 296 g/mol. The van der Waals surface area contributed by atoms with Crippen LogP contribution in [0.15, 0.2) is 41.3 Å². The summed E-state index contributed by atoms with van der Waals surface area (Å²) in [5, 5.41) is 3.65. The first kappa shape index (κ1) is 14.7. The number of nitrogen functional groups attached to an aromatic ring is 1. The Morgan fingerprint density at radius 2 is 1.80 bits per heavy atom. The van der Waals surface area contributed by atoms with Crippen molar-refractivity contribution < 1.29 is 8.42 Å². The number of para-hydroxylation sites is 2. The highest BCUT2D eigenvalue weighted by Crippen LogP contribution is 2.33. The zero-order valence-electron chi connectivity index (χ0n) is 11.1. The van der Waals surface area contributed by atoms with Gasteiger partial charge in [0.25, 0.3) is 0 Å². The molecular formula is C14H15ClN2O2S. The van der Waals surface area contributed by atoms with E-state index in [4.69, 9.17) is 17.3 Å². The minimum Gasteiger partial charge on any atom is -0.396 e. The van der Waals surface area contributed by atoms with Crippen molar-refractivity contribution in [1.82, 2.24) is 0 Å². The van der Waals surface area contributed by atoms with Crippen molar-refractivity contribution in [2.45, 2.75) is 11.8 Å². The first-order valence-corrected chi connectivity index (χ1v) is 8.18. The number of benzene rings is 2. The summed E-state index contributed by atoms with van der Waals surface area (Å²) in [5.74, 6) is 0. The van der Waals surface area contributed by atoms with Gasteiger partial charge >= 0.3 is 0 Å². The van der Waals surface area contributed by atoms with E-state index in [1.54, 1.807) is 18.2 Å². The molecule has 6 heteroatoms. The van der Waals surface area contributed by atoms with Crippen LogP contribution in [0, 0.1) is 6.92 Å². The lowest BCUT2D eigenvalue weighted by molar-refractivity contribution is 0.602. The van der Waals surface area contributed by atoms with E-state index in [-0.39, 0.29) is 10.6 Å². The molecule has 0 aliphatic heterocycles. The number of anilines is 3. The highest BCUT2D eigenvalue weighted by atomic mass is 35.5. The molecule has 0 saturated carbocycles. The molecule has 0 spiro atoms. The summed E-state index contributed by atoms with van der Waals surface area (Å²) in [6, 6.07) is 10.3. The van der Waals surface area contributed by atoms with Crippen molar-refractivity contribution in [3.63, 3.8) is 0 Å². The Hall–Kier alpha value is -1.72. The number of halogens is 1. The standard InChI is InChI=1S/C14H15ClN2O2S/c1-9-5-3-6-10(15)14(9)17-11-7-4-8-12(13(11)16)20(2,18)19/h3-8,17H,16H2,1-2H3. The summed E-state index contributed by atoms with van der Waals surface area (Å²) in [7, 11) is -3.37. The van der Waals surface area contributed by atoms with Gasteiger partial charge in [-0.1, -0.05) is 29.8 Å². The van der Waals surface area contributed by atoms with Crippen LogP contribution in [0.2, 0.25) is 5.02 Å². The molecule has 3 N–H and O–H groups in total. The number of hydrogen-bond donors (Lipinski definition) is 2. The van der Waals surface area contributed by atoms with Crippen LogP contribution in [0.25, 0.3) is 0 Å². The molecule has 0 atom stereocenters. The lowest BCUT2D eigenvalue weighted by Gasteiger charge is -2.15. The molecule has 0 bridgehead atoms. The van der Waals surface area contributed by atoms with Gasteiger partial charge in [-0.15, -0.1) is 0 Å². The Labute approximate surface area is 123 Å². The molecule has 0 amide bonds. The minimum atomic E-state index is -3.37. The van der Waals surface area contributed by atoms with Crippen molar-refractivity contribution in [2.24, 2.45) is 0 Å². The number of nitrogens with one attached hydrogen (secondary N) is 1. The molecule has 0 heterocycles. The SMILES string of the molecule is Cc1cccc(Cl)c1Nc1cccc(S(C)(=O)=O)c1N. The molecule has 2 aromatic carbocycles. The van der Waals surface area contributed by atoms with E-state index < -0.39 is 9.84 Å². The second-order valence-corrected chi connectivity index (χ2v) is 6.94. The molecule has 0 fully saturated rings. The lowest BCUT2D eigenvalue weighted by atomic mass is 10.2. The zero-order chi connectivity index (χ0) is 14.9. The largest absolute Gasteiger partial charge is 0.396 e. The van der Waals surface area contributed by atoms with E-state index in [1.807, 2.05) is 19.1 Å². The first-order chi connectivity index (χ1) is 9.30. The van der Waals surface area contributed by atoms with Gasteiger partial charge in [0.2, 0.25) is 0 Å². The summed E-state index contributed by atoms with van der Waals surface area (Å²) >= 11 is 6.14. The van der Waals surface area contributed by atoms with Crippen molar-refractivity contribution in [3.8, 4) is 0 Å².